The average molecular weight is 235 g/mol. The molecule has 1 rings (SSSR count). The second kappa shape index (κ2) is 10.1. The van der Waals surface area contributed by atoms with Crippen molar-refractivity contribution in [3.8, 4) is 5.75 Å². The third-order valence-corrected chi connectivity index (χ3v) is 2.92. The molecule has 0 saturated carbocycles. The van der Waals surface area contributed by atoms with Crippen molar-refractivity contribution in [2.24, 2.45) is 0 Å². The third-order valence-electron chi connectivity index (χ3n) is 2.92. The van der Waals surface area contributed by atoms with Crippen LogP contribution < -0.4 is 4.74 Å². The molecule has 0 radical (unpaired) electrons. The highest BCUT2D eigenvalue weighted by Gasteiger charge is 1.93. The summed E-state index contributed by atoms with van der Waals surface area (Å²) in [5.41, 5.74) is 0. The maximum Gasteiger partial charge on any atom is 0.122 e. The average Bonchev–Trinajstić information content (AvgIpc) is 2.38. The highest BCUT2D eigenvalue weighted by Crippen LogP contribution is 2.10. The van der Waals surface area contributed by atoms with Crippen molar-refractivity contribution in [2.75, 3.05) is 6.61 Å². The van der Waals surface area contributed by atoms with Gasteiger partial charge in [0.25, 0.3) is 0 Å². The molecule has 2 heteroatoms. The molecule has 2 nitrogen and oxygen atoms in total. The van der Waals surface area contributed by atoms with Gasteiger partial charge in [0.05, 0.1) is 6.61 Å². The van der Waals surface area contributed by atoms with Crippen LogP contribution in [-0.4, -0.2) is 11.6 Å². The first-order valence-corrected chi connectivity index (χ1v) is 6.96. The lowest BCUT2D eigenvalue weighted by Gasteiger charge is -2.05. The first kappa shape index (κ1) is 14.0. The minimum atomic E-state index is 0.832. The summed E-state index contributed by atoms with van der Waals surface area (Å²) >= 11 is 0. The van der Waals surface area contributed by atoms with E-state index in [-0.39, 0.29) is 0 Å². The molecule has 0 saturated heterocycles. The van der Waals surface area contributed by atoms with Crippen LogP contribution in [0.3, 0.4) is 0 Å². The normalized spacial score (nSPS) is 10.4. The molecule has 0 aliphatic heterocycles. The zero-order valence-corrected chi connectivity index (χ0v) is 11.0. The number of rotatable bonds is 10. The van der Waals surface area contributed by atoms with E-state index in [9.17, 15) is 0 Å². The number of hydrogen-bond donors (Lipinski definition) is 0. The van der Waals surface area contributed by atoms with Crippen LogP contribution in [0.4, 0.5) is 0 Å². The molecular formula is C15H25NO. The monoisotopic (exact) mass is 235 g/mol. The number of hydrogen-bond acceptors (Lipinski definition) is 2. The summed E-state index contributed by atoms with van der Waals surface area (Å²) in [5.74, 6) is 0.933. The Morgan fingerprint density at radius 1 is 0.882 bits per heavy atom. The smallest absolute Gasteiger partial charge is 0.122 e. The number of aromatic nitrogens is 1. The van der Waals surface area contributed by atoms with Crippen LogP contribution in [0.25, 0.3) is 0 Å². The molecule has 96 valence electrons. The minimum Gasteiger partial charge on any atom is -0.493 e. The van der Waals surface area contributed by atoms with E-state index in [1.165, 1.54) is 44.9 Å². The predicted octanol–water partition coefficient (Wildman–Crippen LogP) is 4.60. The standard InChI is InChI=1S/C15H25NO/c1-2-3-4-5-6-7-8-9-14-17-15-10-12-16-13-11-15/h10-13H,2-9,14H2,1H3. The Balaban J connectivity index is 1.85. The van der Waals surface area contributed by atoms with Gasteiger partial charge in [-0.15, -0.1) is 0 Å². The second-order valence-corrected chi connectivity index (χ2v) is 4.51. The van der Waals surface area contributed by atoms with Gasteiger partial charge in [0.2, 0.25) is 0 Å². The summed E-state index contributed by atoms with van der Waals surface area (Å²) in [6.45, 7) is 3.09. The van der Waals surface area contributed by atoms with Gasteiger partial charge in [0.15, 0.2) is 0 Å². The highest BCUT2D eigenvalue weighted by atomic mass is 16.5. The molecule has 17 heavy (non-hydrogen) atoms. The maximum absolute atomic E-state index is 5.61. The van der Waals surface area contributed by atoms with Crippen molar-refractivity contribution >= 4 is 0 Å². The molecule has 0 atom stereocenters. The molecule has 0 aliphatic carbocycles. The molecule has 0 unspecified atom stereocenters. The Hall–Kier alpha value is -1.05. The van der Waals surface area contributed by atoms with Crippen LogP contribution in [-0.2, 0) is 0 Å². The van der Waals surface area contributed by atoms with Gasteiger partial charge in [0.1, 0.15) is 5.75 Å². The van der Waals surface area contributed by atoms with E-state index < -0.39 is 0 Å². The van der Waals surface area contributed by atoms with Crippen LogP contribution in [0.15, 0.2) is 24.5 Å². The second-order valence-electron chi connectivity index (χ2n) is 4.51. The van der Waals surface area contributed by atoms with Crippen molar-refractivity contribution in [3.63, 3.8) is 0 Å². The van der Waals surface area contributed by atoms with Gasteiger partial charge < -0.3 is 4.74 Å². The van der Waals surface area contributed by atoms with Gasteiger partial charge in [-0.3, -0.25) is 4.98 Å². The fourth-order valence-electron chi connectivity index (χ4n) is 1.86. The molecule has 1 aromatic rings. The molecule has 1 aromatic heterocycles. The minimum absolute atomic E-state index is 0.832. The molecule has 0 spiro atoms. The van der Waals surface area contributed by atoms with Gasteiger partial charge >= 0.3 is 0 Å². The third kappa shape index (κ3) is 7.78. The zero-order valence-electron chi connectivity index (χ0n) is 11.0. The molecule has 0 N–H and O–H groups in total. The van der Waals surface area contributed by atoms with E-state index in [1.54, 1.807) is 12.4 Å². The predicted molar refractivity (Wildman–Crippen MR) is 72.3 cm³/mol. The molecule has 0 aromatic carbocycles. The Labute approximate surface area is 105 Å². The molecule has 0 fully saturated rings. The van der Waals surface area contributed by atoms with E-state index in [0.29, 0.717) is 0 Å². The maximum atomic E-state index is 5.61. The lowest BCUT2D eigenvalue weighted by atomic mass is 10.1. The molecule has 0 bridgehead atoms. The fraction of sp³-hybridized carbons (Fsp3) is 0.667. The summed E-state index contributed by atoms with van der Waals surface area (Å²) in [5, 5.41) is 0. The number of pyridine rings is 1. The van der Waals surface area contributed by atoms with E-state index in [0.717, 1.165) is 18.8 Å². The Kier molecular flexibility index (Phi) is 8.35. The largest absolute Gasteiger partial charge is 0.493 e. The summed E-state index contributed by atoms with van der Waals surface area (Å²) in [6, 6.07) is 3.81. The molecule has 0 aliphatic rings. The van der Waals surface area contributed by atoms with Crippen LogP contribution in [0.2, 0.25) is 0 Å². The highest BCUT2D eigenvalue weighted by molar-refractivity contribution is 5.16. The van der Waals surface area contributed by atoms with Gasteiger partial charge in [-0.1, -0.05) is 51.9 Å². The summed E-state index contributed by atoms with van der Waals surface area (Å²) < 4.78 is 5.61. The zero-order chi connectivity index (χ0) is 12.2. The first-order chi connectivity index (χ1) is 8.43. The van der Waals surface area contributed by atoms with Crippen molar-refractivity contribution in [1.29, 1.82) is 0 Å². The quantitative estimate of drug-likeness (QED) is 0.553. The van der Waals surface area contributed by atoms with Gasteiger partial charge in [0, 0.05) is 12.4 Å². The summed E-state index contributed by atoms with van der Waals surface area (Å²) in [7, 11) is 0. The van der Waals surface area contributed by atoms with Gasteiger partial charge in [-0.05, 0) is 18.6 Å². The van der Waals surface area contributed by atoms with Crippen molar-refractivity contribution in [3.05, 3.63) is 24.5 Å². The van der Waals surface area contributed by atoms with E-state index in [2.05, 4.69) is 11.9 Å². The summed E-state index contributed by atoms with van der Waals surface area (Å²) in [4.78, 5) is 3.96. The topological polar surface area (TPSA) is 22.1 Å². The van der Waals surface area contributed by atoms with E-state index in [4.69, 9.17) is 4.74 Å². The Bertz CT molecular complexity index is 261. The number of unbranched alkanes of at least 4 members (excludes halogenated alkanes) is 7. The Morgan fingerprint density at radius 2 is 1.47 bits per heavy atom. The van der Waals surface area contributed by atoms with E-state index >= 15 is 0 Å². The first-order valence-electron chi connectivity index (χ1n) is 6.96. The summed E-state index contributed by atoms with van der Waals surface area (Å²) in [6.07, 6.45) is 14.3. The molecule has 1 heterocycles. The van der Waals surface area contributed by atoms with Gasteiger partial charge in [-0.2, -0.15) is 0 Å². The van der Waals surface area contributed by atoms with Gasteiger partial charge in [-0.25, -0.2) is 0 Å². The lowest BCUT2D eigenvalue weighted by Crippen LogP contribution is -1.97. The molecule has 0 amide bonds. The Morgan fingerprint density at radius 3 is 2.12 bits per heavy atom. The van der Waals surface area contributed by atoms with Crippen molar-refractivity contribution in [2.45, 2.75) is 58.3 Å². The van der Waals surface area contributed by atoms with E-state index in [1.807, 2.05) is 12.1 Å². The molecular weight excluding hydrogens is 210 g/mol. The lowest BCUT2D eigenvalue weighted by molar-refractivity contribution is 0.304. The van der Waals surface area contributed by atoms with Crippen LogP contribution in [0.1, 0.15) is 58.3 Å². The SMILES string of the molecule is CCCCCCCCCCOc1ccncc1. The van der Waals surface area contributed by atoms with Crippen LogP contribution >= 0.6 is 0 Å². The number of nitrogens with zero attached hydrogens (tertiary/aromatic N) is 1. The van der Waals surface area contributed by atoms with Crippen LogP contribution in [0, 0.1) is 0 Å². The fourth-order valence-corrected chi connectivity index (χ4v) is 1.86. The van der Waals surface area contributed by atoms with Crippen molar-refractivity contribution in [1.82, 2.24) is 4.98 Å². The number of ether oxygens (including phenoxy) is 1. The van der Waals surface area contributed by atoms with Crippen LogP contribution in [0.5, 0.6) is 5.75 Å². The van der Waals surface area contributed by atoms with Crippen molar-refractivity contribution < 1.29 is 4.74 Å².